The molecule has 4 bridgehead atoms. The molecular formula is C41H66N2O4. The number of hydrogen-bond donors (Lipinski definition) is 1. The Labute approximate surface area is 285 Å². The minimum atomic E-state index is -1.14. The average molecular weight is 651 g/mol. The van der Waals surface area contributed by atoms with E-state index in [1.54, 1.807) is 0 Å². The maximum atomic E-state index is 14.2. The van der Waals surface area contributed by atoms with Gasteiger partial charge in [-0.25, -0.2) is 0 Å². The summed E-state index contributed by atoms with van der Waals surface area (Å²) in [5, 5.41) is 11.6. The molecule has 0 aromatic rings. The van der Waals surface area contributed by atoms with E-state index in [2.05, 4.69) is 50.6 Å². The molecule has 1 heterocycles. The van der Waals surface area contributed by atoms with Gasteiger partial charge in [0.05, 0.1) is 17.6 Å². The maximum absolute atomic E-state index is 14.2. The number of carboxylic acid groups (broad SMARTS) is 1. The molecule has 7 aliphatic rings. The molecule has 6 nitrogen and oxygen atoms in total. The van der Waals surface area contributed by atoms with E-state index >= 15 is 0 Å². The van der Waals surface area contributed by atoms with Gasteiger partial charge in [-0.3, -0.25) is 9.69 Å². The number of carboxylic acids is 1. The van der Waals surface area contributed by atoms with E-state index in [9.17, 15) is 14.7 Å². The normalized spacial score (nSPS) is 43.7. The van der Waals surface area contributed by atoms with Crippen LogP contribution in [0.1, 0.15) is 124 Å². The first kappa shape index (κ1) is 34.2. The number of hydrogen-bond acceptors (Lipinski definition) is 5. The molecule has 6 aliphatic carbocycles. The second-order valence-corrected chi connectivity index (χ2v) is 18.0. The zero-order chi connectivity index (χ0) is 33.1. The highest BCUT2D eigenvalue weighted by Crippen LogP contribution is 2.84. The number of ether oxygens (including phenoxy) is 1. The number of aliphatic carboxylic acids is 1. The lowest BCUT2D eigenvalue weighted by Crippen LogP contribution is -2.65. The Balaban J connectivity index is 1.22. The van der Waals surface area contributed by atoms with Crippen molar-refractivity contribution in [2.45, 2.75) is 142 Å². The molecule has 0 amide bonds. The zero-order valence-electron chi connectivity index (χ0n) is 30.4. The van der Waals surface area contributed by atoms with Crippen molar-refractivity contribution in [1.82, 2.24) is 9.80 Å². The van der Waals surface area contributed by atoms with Crippen LogP contribution in [0.25, 0.3) is 0 Å². The Morgan fingerprint density at radius 1 is 1.00 bits per heavy atom. The highest BCUT2D eigenvalue weighted by atomic mass is 16.5. The fourth-order valence-corrected chi connectivity index (χ4v) is 13.8. The van der Waals surface area contributed by atoms with E-state index in [1.807, 2.05) is 0 Å². The van der Waals surface area contributed by atoms with E-state index in [0.717, 1.165) is 63.5 Å². The topological polar surface area (TPSA) is 70.1 Å². The Hall–Kier alpha value is -1.24. The SMILES string of the molecule is CCN(CCN(C)C1CCCCC1)C[C@@H]1O[C@@H](C23C[C@@H]4[C@H](C)CC[C@H]4C4(C=O)CC2C=C(C(C)C)[C@]43C(=O)O)C[C@H]1C1CCCCC1. The van der Waals surface area contributed by atoms with Gasteiger partial charge in [0.1, 0.15) is 11.7 Å². The number of allylic oxidation sites excluding steroid dienone is 1. The summed E-state index contributed by atoms with van der Waals surface area (Å²) in [6, 6.07) is 0.725. The van der Waals surface area contributed by atoms with Crippen molar-refractivity contribution in [3.63, 3.8) is 0 Å². The highest BCUT2D eigenvalue weighted by molar-refractivity contribution is 5.90. The van der Waals surface area contributed by atoms with E-state index in [4.69, 9.17) is 4.74 Å². The fourth-order valence-electron chi connectivity index (χ4n) is 13.8. The Bertz CT molecular complexity index is 1190. The van der Waals surface area contributed by atoms with E-state index in [-0.39, 0.29) is 30.0 Å². The third-order valence-corrected chi connectivity index (χ3v) is 16.0. The maximum Gasteiger partial charge on any atom is 0.315 e. The predicted octanol–water partition coefficient (Wildman–Crippen LogP) is 7.85. The van der Waals surface area contributed by atoms with Crippen LogP contribution in [-0.2, 0) is 14.3 Å². The highest BCUT2D eigenvalue weighted by Gasteiger charge is 2.86. The molecular weight excluding hydrogens is 584 g/mol. The van der Waals surface area contributed by atoms with Crippen LogP contribution in [0.4, 0.5) is 0 Å². The molecule has 6 fully saturated rings. The smallest absolute Gasteiger partial charge is 0.315 e. The minimum Gasteiger partial charge on any atom is -0.481 e. The van der Waals surface area contributed by atoms with Gasteiger partial charge in [0.15, 0.2) is 0 Å². The van der Waals surface area contributed by atoms with Crippen molar-refractivity contribution in [2.24, 2.45) is 57.7 Å². The first-order valence-corrected chi connectivity index (χ1v) is 20.1. The van der Waals surface area contributed by atoms with Gasteiger partial charge in [0.2, 0.25) is 0 Å². The zero-order valence-corrected chi connectivity index (χ0v) is 30.4. The second kappa shape index (κ2) is 13.1. The van der Waals surface area contributed by atoms with Crippen LogP contribution in [0.2, 0.25) is 0 Å². The van der Waals surface area contributed by atoms with Crippen LogP contribution in [-0.4, -0.2) is 78.6 Å². The second-order valence-electron chi connectivity index (χ2n) is 18.0. The van der Waals surface area contributed by atoms with Gasteiger partial charge >= 0.3 is 5.97 Å². The molecule has 264 valence electrons. The summed E-state index contributed by atoms with van der Waals surface area (Å²) < 4.78 is 7.53. The number of nitrogens with zero attached hydrogens (tertiary/aromatic N) is 2. The molecule has 0 aromatic heterocycles. The van der Waals surface area contributed by atoms with Crippen LogP contribution in [0, 0.1) is 57.7 Å². The summed E-state index contributed by atoms with van der Waals surface area (Å²) in [4.78, 5) is 33.1. The molecule has 5 saturated carbocycles. The standard InChI is InChI=1S/C41H66N2O4/c1-6-43(20-19-42(5)31-15-11-8-12-16-31)25-36-32(29-13-9-7-10-14-29)22-37(47-36)40-24-33-28(4)17-18-34(33)39(26-44)23-30(40)21-35(27(2)3)41(39,40)38(45)46/h21,26-34,36-37H,6-20,22-25H2,1-5H3,(H,45,46)/t28-,30?,32+,33-,34-,36+,37-,39?,40?,41+/m1/s1. The molecule has 1 aliphatic heterocycles. The van der Waals surface area contributed by atoms with E-state index < -0.39 is 22.2 Å². The van der Waals surface area contributed by atoms with Crippen molar-refractivity contribution in [2.75, 3.05) is 33.2 Å². The molecule has 3 unspecified atom stereocenters. The third-order valence-electron chi connectivity index (χ3n) is 16.0. The lowest BCUT2D eigenvalue weighted by Gasteiger charge is -2.60. The van der Waals surface area contributed by atoms with Gasteiger partial charge in [-0.1, -0.05) is 97.1 Å². The van der Waals surface area contributed by atoms with Crippen molar-refractivity contribution in [1.29, 1.82) is 0 Å². The summed E-state index contributed by atoms with van der Waals surface area (Å²) in [5.41, 5.74) is -1.44. The van der Waals surface area contributed by atoms with Crippen molar-refractivity contribution >= 4 is 12.3 Å². The number of carbonyl (C=O) groups excluding carboxylic acids is 1. The molecule has 0 spiro atoms. The fraction of sp³-hybridized carbons (Fsp3) is 0.902. The molecule has 1 N–H and O–H groups in total. The molecule has 6 heteroatoms. The molecule has 1 saturated heterocycles. The van der Waals surface area contributed by atoms with Crippen LogP contribution in [0.5, 0.6) is 0 Å². The lowest BCUT2D eigenvalue weighted by atomic mass is 9.41. The largest absolute Gasteiger partial charge is 0.481 e. The molecule has 10 atom stereocenters. The van der Waals surface area contributed by atoms with Crippen molar-refractivity contribution < 1.29 is 19.4 Å². The van der Waals surface area contributed by atoms with Crippen LogP contribution >= 0.6 is 0 Å². The van der Waals surface area contributed by atoms with Gasteiger partial charge in [-0.15, -0.1) is 0 Å². The van der Waals surface area contributed by atoms with Crippen LogP contribution in [0.15, 0.2) is 11.6 Å². The summed E-state index contributed by atoms with van der Waals surface area (Å²) in [5.74, 6) is 1.74. The Morgan fingerprint density at radius 3 is 2.34 bits per heavy atom. The van der Waals surface area contributed by atoms with Crippen LogP contribution < -0.4 is 0 Å². The minimum absolute atomic E-state index is 0.104. The molecule has 0 radical (unpaired) electrons. The molecule has 7 rings (SSSR count). The summed E-state index contributed by atoms with van der Waals surface area (Å²) >= 11 is 0. The van der Waals surface area contributed by atoms with E-state index in [1.165, 1.54) is 70.5 Å². The van der Waals surface area contributed by atoms with Crippen LogP contribution in [0.3, 0.4) is 0 Å². The third kappa shape index (κ3) is 5.01. The number of aldehydes is 1. The van der Waals surface area contributed by atoms with Gasteiger partial charge in [0, 0.05) is 31.1 Å². The summed E-state index contributed by atoms with van der Waals surface area (Å²) in [6.45, 7) is 13.1. The predicted molar refractivity (Wildman–Crippen MR) is 187 cm³/mol. The van der Waals surface area contributed by atoms with Gasteiger partial charge < -0.3 is 19.5 Å². The lowest BCUT2D eigenvalue weighted by molar-refractivity contribution is -0.197. The number of likely N-dealkylation sites (N-methyl/N-ethyl adjacent to an activating group) is 2. The Kier molecular flexibility index (Phi) is 9.57. The quantitative estimate of drug-likeness (QED) is 0.171. The van der Waals surface area contributed by atoms with Crippen molar-refractivity contribution in [3.8, 4) is 0 Å². The molecule has 0 aromatic carbocycles. The first-order valence-electron chi connectivity index (χ1n) is 20.1. The van der Waals surface area contributed by atoms with Gasteiger partial charge in [-0.05, 0) is 93.5 Å². The number of rotatable bonds is 12. The number of fused-ring (bicyclic) bond motifs is 2. The van der Waals surface area contributed by atoms with Crippen molar-refractivity contribution in [3.05, 3.63) is 11.6 Å². The summed E-state index contributed by atoms with van der Waals surface area (Å²) in [7, 11) is 2.33. The average Bonchev–Trinajstić information content (AvgIpc) is 3.80. The number of carbonyl (C=O) groups is 2. The molecule has 47 heavy (non-hydrogen) atoms. The van der Waals surface area contributed by atoms with E-state index in [0.29, 0.717) is 30.1 Å². The first-order chi connectivity index (χ1) is 22.6. The van der Waals surface area contributed by atoms with Gasteiger partial charge in [-0.2, -0.15) is 0 Å². The Morgan fingerprint density at radius 2 is 1.70 bits per heavy atom. The monoisotopic (exact) mass is 651 g/mol. The summed E-state index contributed by atoms with van der Waals surface area (Å²) in [6.07, 6.45) is 21.6. The van der Waals surface area contributed by atoms with Gasteiger partial charge in [0.25, 0.3) is 0 Å².